The third kappa shape index (κ3) is 9.20. The van der Waals surface area contributed by atoms with Crippen LogP contribution < -0.4 is 5.32 Å². The molecule has 3 rings (SSSR count). The van der Waals surface area contributed by atoms with Crippen LogP contribution in [0, 0.1) is 19.3 Å². The van der Waals surface area contributed by atoms with Crippen LogP contribution in [0.15, 0.2) is 48.5 Å². The third-order valence-corrected chi connectivity index (χ3v) is 7.99. The lowest BCUT2D eigenvalue weighted by molar-refractivity contribution is -0.200. The molecule has 8 heteroatoms. The summed E-state index contributed by atoms with van der Waals surface area (Å²) in [5.74, 6) is 2.65. The van der Waals surface area contributed by atoms with Gasteiger partial charge in [0, 0.05) is 19.5 Å². The van der Waals surface area contributed by atoms with Crippen LogP contribution in [0.25, 0.3) is 6.08 Å². The number of allylic oxidation sites excluding steroid dienone is 1. The van der Waals surface area contributed by atoms with Crippen LogP contribution in [-0.4, -0.2) is 82.8 Å². The van der Waals surface area contributed by atoms with Crippen molar-refractivity contribution >= 4 is 23.7 Å². The van der Waals surface area contributed by atoms with E-state index in [0.29, 0.717) is 19.5 Å². The van der Waals surface area contributed by atoms with E-state index in [2.05, 4.69) is 54.6 Å². The lowest BCUT2D eigenvalue weighted by Gasteiger charge is -2.40. The maximum Gasteiger partial charge on any atom is 0.220 e. The molecule has 0 spiro atoms. The van der Waals surface area contributed by atoms with Gasteiger partial charge in [-0.2, -0.15) is 0 Å². The number of unbranched alkanes of at least 4 members (excludes halogenated alkanes) is 1. The molecule has 0 aromatic heterocycles. The fourth-order valence-electron chi connectivity index (χ4n) is 4.65. The highest BCUT2D eigenvalue weighted by Crippen LogP contribution is 2.36. The number of nitrogens with one attached hydrogen (secondary N) is 1. The monoisotopic (exact) mass is 566 g/mol. The van der Waals surface area contributed by atoms with Gasteiger partial charge in [0.2, 0.25) is 5.91 Å². The number of aliphatic hydroxyl groups is 3. The number of rotatable bonds is 13. The molecule has 1 amide bonds. The molecule has 1 heterocycles. The number of amides is 1. The number of aryl methyl sites for hydroxylation is 1. The molecule has 4 N–H and O–H groups in total. The summed E-state index contributed by atoms with van der Waals surface area (Å²) in [6, 6.07) is 14.3. The fourth-order valence-corrected chi connectivity index (χ4v) is 5.32. The zero-order chi connectivity index (χ0) is 29.1. The van der Waals surface area contributed by atoms with Gasteiger partial charge in [-0.15, -0.1) is 18.2 Å². The van der Waals surface area contributed by atoms with Crippen LogP contribution in [0.5, 0.6) is 0 Å². The first kappa shape index (κ1) is 31.9. The Labute approximate surface area is 242 Å². The van der Waals surface area contributed by atoms with E-state index in [0.717, 1.165) is 53.6 Å². The van der Waals surface area contributed by atoms with Crippen molar-refractivity contribution in [2.45, 2.75) is 62.5 Å². The SMILES string of the molecule is C#CCN(C)CCNC(=O)CCC/C=C/c1ccc(Cc2cc([C@@H]3O[C@H](SC)[C@@H](O)[C@H](O)[C@H]3O)ccc2C)cc1. The van der Waals surface area contributed by atoms with Gasteiger partial charge >= 0.3 is 0 Å². The number of ether oxygens (including phenoxy) is 1. The fraction of sp³-hybridized carbons (Fsp3) is 0.469. The summed E-state index contributed by atoms with van der Waals surface area (Å²) in [5, 5.41) is 34.0. The Hall–Kier alpha value is -2.64. The average molecular weight is 567 g/mol. The molecule has 5 atom stereocenters. The van der Waals surface area contributed by atoms with Gasteiger partial charge in [0.1, 0.15) is 29.9 Å². The number of likely N-dealkylation sites (N-methyl/N-ethyl adjacent to an activating group) is 1. The second-order valence-corrected chi connectivity index (χ2v) is 11.3. The van der Waals surface area contributed by atoms with Gasteiger partial charge in [-0.05, 0) is 67.3 Å². The molecular formula is C32H42N2O5S. The molecule has 1 aliphatic heterocycles. The predicted octanol–water partition coefficient (Wildman–Crippen LogP) is 3.29. The van der Waals surface area contributed by atoms with E-state index in [4.69, 9.17) is 11.2 Å². The minimum Gasteiger partial charge on any atom is -0.387 e. The molecule has 1 aliphatic rings. The van der Waals surface area contributed by atoms with Gasteiger partial charge in [0.05, 0.1) is 6.54 Å². The topological polar surface area (TPSA) is 102 Å². The molecule has 1 saturated heterocycles. The van der Waals surface area contributed by atoms with Gasteiger partial charge in [0.15, 0.2) is 0 Å². The molecule has 0 unspecified atom stereocenters. The second-order valence-electron chi connectivity index (χ2n) is 10.3. The maximum absolute atomic E-state index is 12.0. The van der Waals surface area contributed by atoms with Crippen molar-refractivity contribution in [2.24, 2.45) is 0 Å². The number of terminal acetylenes is 1. The summed E-state index contributed by atoms with van der Waals surface area (Å²) in [4.78, 5) is 14.0. The van der Waals surface area contributed by atoms with Crippen LogP contribution in [0.2, 0.25) is 0 Å². The van der Waals surface area contributed by atoms with Crippen LogP contribution in [-0.2, 0) is 16.0 Å². The smallest absolute Gasteiger partial charge is 0.220 e. The number of thioether (sulfide) groups is 1. The van der Waals surface area contributed by atoms with E-state index in [1.165, 1.54) is 11.8 Å². The highest BCUT2D eigenvalue weighted by molar-refractivity contribution is 7.99. The molecule has 7 nitrogen and oxygen atoms in total. The first-order valence-electron chi connectivity index (χ1n) is 13.7. The average Bonchev–Trinajstić information content (AvgIpc) is 2.94. The molecule has 40 heavy (non-hydrogen) atoms. The number of carbonyl (C=O) groups excluding carboxylic acids is 1. The normalized spacial score (nSPS) is 22.9. The lowest BCUT2D eigenvalue weighted by Crippen LogP contribution is -2.52. The second kappa shape index (κ2) is 16.0. The zero-order valence-electron chi connectivity index (χ0n) is 23.6. The first-order valence-corrected chi connectivity index (χ1v) is 15.0. The highest BCUT2D eigenvalue weighted by Gasteiger charge is 2.44. The van der Waals surface area contributed by atoms with E-state index < -0.39 is 29.9 Å². The van der Waals surface area contributed by atoms with Gasteiger partial charge < -0.3 is 25.4 Å². The Morgan fingerprint density at radius 1 is 1.15 bits per heavy atom. The van der Waals surface area contributed by atoms with Gasteiger partial charge in [-0.1, -0.05) is 60.5 Å². The van der Waals surface area contributed by atoms with Gasteiger partial charge in [-0.3, -0.25) is 9.69 Å². The number of aliphatic hydroxyl groups excluding tert-OH is 3. The minimum absolute atomic E-state index is 0.0635. The Balaban J connectivity index is 1.50. The van der Waals surface area contributed by atoms with Gasteiger partial charge in [0.25, 0.3) is 0 Å². The summed E-state index contributed by atoms with van der Waals surface area (Å²) in [6.07, 6.45) is 9.77. The maximum atomic E-state index is 12.0. The minimum atomic E-state index is -1.27. The number of hydrogen-bond donors (Lipinski definition) is 4. The molecular weight excluding hydrogens is 524 g/mol. The van der Waals surface area contributed by atoms with Gasteiger partial charge in [-0.25, -0.2) is 0 Å². The van der Waals surface area contributed by atoms with Crippen molar-refractivity contribution in [3.8, 4) is 12.3 Å². The van der Waals surface area contributed by atoms with Crippen molar-refractivity contribution < 1.29 is 24.9 Å². The number of nitrogens with zero attached hydrogens (tertiary/aromatic N) is 1. The van der Waals surface area contributed by atoms with Crippen molar-refractivity contribution in [3.05, 3.63) is 76.4 Å². The Morgan fingerprint density at radius 2 is 1.90 bits per heavy atom. The first-order chi connectivity index (χ1) is 19.2. The third-order valence-electron chi connectivity index (χ3n) is 7.14. The summed E-state index contributed by atoms with van der Waals surface area (Å²) < 4.78 is 5.94. The Morgan fingerprint density at radius 3 is 2.60 bits per heavy atom. The lowest BCUT2D eigenvalue weighted by atomic mass is 9.91. The molecule has 216 valence electrons. The summed E-state index contributed by atoms with van der Waals surface area (Å²) in [6.45, 7) is 3.97. The van der Waals surface area contributed by atoms with E-state index in [9.17, 15) is 20.1 Å². The summed E-state index contributed by atoms with van der Waals surface area (Å²) in [7, 11) is 1.93. The molecule has 2 aromatic carbocycles. The van der Waals surface area contributed by atoms with Crippen LogP contribution in [0.3, 0.4) is 0 Å². The molecule has 0 bridgehead atoms. The highest BCUT2D eigenvalue weighted by atomic mass is 32.2. The Bertz CT molecular complexity index is 1160. The quantitative estimate of drug-likeness (QED) is 0.218. The summed E-state index contributed by atoms with van der Waals surface area (Å²) >= 11 is 1.31. The van der Waals surface area contributed by atoms with E-state index in [1.54, 1.807) is 6.26 Å². The Kier molecular flexibility index (Phi) is 12.7. The predicted molar refractivity (Wildman–Crippen MR) is 162 cm³/mol. The van der Waals surface area contributed by atoms with Crippen LogP contribution >= 0.6 is 11.8 Å². The van der Waals surface area contributed by atoms with E-state index in [-0.39, 0.29) is 5.91 Å². The van der Waals surface area contributed by atoms with Crippen molar-refractivity contribution in [3.63, 3.8) is 0 Å². The summed E-state index contributed by atoms with van der Waals surface area (Å²) in [5.41, 5.74) is 4.67. The van der Waals surface area contributed by atoms with Crippen LogP contribution in [0.1, 0.15) is 53.2 Å². The molecule has 0 aliphatic carbocycles. The molecule has 1 fully saturated rings. The van der Waals surface area contributed by atoms with Crippen molar-refractivity contribution in [1.29, 1.82) is 0 Å². The van der Waals surface area contributed by atoms with E-state index in [1.807, 2.05) is 30.1 Å². The molecule has 2 aromatic rings. The van der Waals surface area contributed by atoms with Crippen LogP contribution in [0.4, 0.5) is 0 Å². The van der Waals surface area contributed by atoms with Crippen molar-refractivity contribution in [2.75, 3.05) is 32.9 Å². The number of carbonyl (C=O) groups is 1. The standard InChI is InChI=1S/C32H42N2O5S/c1-5-18-34(3)19-17-33-27(35)10-8-6-7-9-23-12-14-24(15-13-23)20-26-21-25(16-11-22(26)2)31-29(37)28(36)30(38)32(39-31)40-4/h1,7,9,11-16,21,28-32,36-38H,6,8,10,17-20H2,2-4H3,(H,33,35)/b9-7+/t28-,29-,30+,31+,32-/m1/s1. The number of benzene rings is 2. The number of hydrogen-bond acceptors (Lipinski definition) is 7. The van der Waals surface area contributed by atoms with Crippen molar-refractivity contribution in [1.82, 2.24) is 10.2 Å². The zero-order valence-corrected chi connectivity index (χ0v) is 24.4. The molecule has 0 radical (unpaired) electrons. The van der Waals surface area contributed by atoms with E-state index >= 15 is 0 Å². The largest absolute Gasteiger partial charge is 0.387 e. The molecule has 0 saturated carbocycles.